The molecular weight excluding hydrogens is 392 g/mol. The fraction of sp³-hybridized carbons (Fsp3) is 0.280. The zero-order valence-corrected chi connectivity index (χ0v) is 17.5. The molecule has 2 aliphatic heterocycles. The van der Waals surface area contributed by atoms with Crippen LogP contribution in [-0.4, -0.2) is 22.5 Å². The minimum Gasteiger partial charge on any atom is -0.357 e. The SMILES string of the molecule is Cc1ccc(C2OCC3C(c4ccc([N+](=O)[O-])cc4)OC(c4ccc(C)cc4)N23)cc1. The molecule has 0 aliphatic carbocycles. The van der Waals surface area contributed by atoms with Crippen LogP contribution in [0.3, 0.4) is 0 Å². The third-order valence-electron chi connectivity index (χ3n) is 6.13. The van der Waals surface area contributed by atoms with Gasteiger partial charge in [0.15, 0.2) is 0 Å². The first-order chi connectivity index (χ1) is 15.0. The van der Waals surface area contributed by atoms with Gasteiger partial charge in [0.2, 0.25) is 0 Å². The van der Waals surface area contributed by atoms with Gasteiger partial charge in [-0.05, 0) is 42.7 Å². The van der Waals surface area contributed by atoms with Gasteiger partial charge in [-0.1, -0.05) is 59.7 Å². The van der Waals surface area contributed by atoms with Crippen molar-refractivity contribution in [3.8, 4) is 0 Å². The highest BCUT2D eigenvalue weighted by atomic mass is 16.6. The van der Waals surface area contributed by atoms with Gasteiger partial charge in [-0.3, -0.25) is 10.1 Å². The Bertz CT molecular complexity index is 1080. The molecule has 0 N–H and O–H groups in total. The third kappa shape index (κ3) is 3.63. The Balaban J connectivity index is 1.52. The van der Waals surface area contributed by atoms with E-state index >= 15 is 0 Å². The normalized spacial score (nSPS) is 25.5. The molecular formula is C25H24N2O4. The Labute approximate surface area is 181 Å². The molecule has 0 radical (unpaired) electrons. The Hall–Kier alpha value is -3.06. The van der Waals surface area contributed by atoms with Gasteiger partial charge in [0.25, 0.3) is 5.69 Å². The number of hydrogen-bond donors (Lipinski definition) is 0. The van der Waals surface area contributed by atoms with Crippen LogP contribution in [0.5, 0.6) is 0 Å². The van der Waals surface area contributed by atoms with Crippen LogP contribution < -0.4 is 0 Å². The molecule has 2 aliphatic rings. The first kappa shape index (κ1) is 19.9. The predicted molar refractivity (Wildman–Crippen MR) is 116 cm³/mol. The summed E-state index contributed by atoms with van der Waals surface area (Å²) in [7, 11) is 0. The largest absolute Gasteiger partial charge is 0.357 e. The predicted octanol–water partition coefficient (Wildman–Crippen LogP) is 5.38. The molecule has 3 aromatic carbocycles. The number of rotatable bonds is 4. The average Bonchev–Trinajstić information content (AvgIpc) is 3.36. The highest BCUT2D eigenvalue weighted by Gasteiger charge is 2.51. The summed E-state index contributed by atoms with van der Waals surface area (Å²) in [6.07, 6.45) is -0.706. The summed E-state index contributed by atoms with van der Waals surface area (Å²) in [4.78, 5) is 13.0. The lowest BCUT2D eigenvalue weighted by molar-refractivity contribution is -0.384. The van der Waals surface area contributed by atoms with E-state index in [4.69, 9.17) is 9.47 Å². The number of aryl methyl sites for hydroxylation is 2. The van der Waals surface area contributed by atoms with Crippen LogP contribution in [0.1, 0.15) is 46.4 Å². The highest BCUT2D eigenvalue weighted by molar-refractivity contribution is 5.36. The van der Waals surface area contributed by atoms with Gasteiger partial charge in [-0.2, -0.15) is 0 Å². The van der Waals surface area contributed by atoms with E-state index in [1.807, 2.05) is 0 Å². The third-order valence-corrected chi connectivity index (χ3v) is 6.13. The maximum absolute atomic E-state index is 11.1. The molecule has 4 atom stereocenters. The number of non-ortho nitro benzene ring substituents is 1. The van der Waals surface area contributed by atoms with Gasteiger partial charge in [0, 0.05) is 12.1 Å². The molecule has 0 spiro atoms. The molecule has 0 amide bonds. The van der Waals surface area contributed by atoms with E-state index in [0.717, 1.165) is 16.7 Å². The maximum Gasteiger partial charge on any atom is 0.269 e. The second kappa shape index (κ2) is 7.89. The summed E-state index contributed by atoms with van der Waals surface area (Å²) in [6.45, 7) is 4.67. The van der Waals surface area contributed by atoms with Gasteiger partial charge < -0.3 is 9.47 Å². The van der Waals surface area contributed by atoms with E-state index in [1.165, 1.54) is 23.3 Å². The number of ether oxygens (including phenoxy) is 2. The molecule has 2 heterocycles. The van der Waals surface area contributed by atoms with Crippen LogP contribution in [0.4, 0.5) is 5.69 Å². The standard InChI is InChI=1S/C25H24N2O4/c1-16-3-7-19(8-4-16)24-26-22(15-30-24)23(18-11-13-21(14-12-18)27(28)29)31-25(26)20-9-5-17(2)6-10-20/h3-14,22-25H,15H2,1-2H3. The molecule has 2 saturated heterocycles. The molecule has 5 rings (SSSR count). The molecule has 2 fully saturated rings. The maximum atomic E-state index is 11.1. The smallest absolute Gasteiger partial charge is 0.269 e. The van der Waals surface area contributed by atoms with Crippen molar-refractivity contribution >= 4 is 5.69 Å². The minimum atomic E-state index is -0.382. The summed E-state index contributed by atoms with van der Waals surface area (Å²) in [6, 6.07) is 23.4. The van der Waals surface area contributed by atoms with Crippen molar-refractivity contribution in [2.45, 2.75) is 38.4 Å². The molecule has 6 nitrogen and oxygen atoms in total. The second-order valence-corrected chi connectivity index (χ2v) is 8.28. The lowest BCUT2D eigenvalue weighted by Gasteiger charge is -2.28. The number of nitro benzene ring substituents is 1. The van der Waals surface area contributed by atoms with E-state index in [1.54, 1.807) is 12.1 Å². The summed E-state index contributed by atoms with van der Waals surface area (Å²) in [5, 5.41) is 11.1. The Morgan fingerprint density at radius 1 is 0.806 bits per heavy atom. The second-order valence-electron chi connectivity index (χ2n) is 8.28. The molecule has 0 aromatic heterocycles. The lowest BCUT2D eigenvalue weighted by Crippen LogP contribution is -2.31. The van der Waals surface area contributed by atoms with Gasteiger partial charge in [-0.15, -0.1) is 0 Å². The summed E-state index contributed by atoms with van der Waals surface area (Å²) >= 11 is 0. The molecule has 3 aromatic rings. The average molecular weight is 416 g/mol. The van der Waals surface area contributed by atoms with Crippen molar-refractivity contribution in [3.05, 3.63) is 111 Å². The Kier molecular flexibility index (Phi) is 5.06. The van der Waals surface area contributed by atoms with Crippen molar-refractivity contribution < 1.29 is 14.4 Å². The molecule has 31 heavy (non-hydrogen) atoms. The molecule has 0 bridgehead atoms. The monoisotopic (exact) mass is 416 g/mol. The first-order valence-corrected chi connectivity index (χ1v) is 10.4. The van der Waals surface area contributed by atoms with Crippen LogP contribution in [0, 0.1) is 24.0 Å². The van der Waals surface area contributed by atoms with E-state index < -0.39 is 0 Å². The number of nitrogens with zero attached hydrogens (tertiary/aromatic N) is 2. The first-order valence-electron chi connectivity index (χ1n) is 10.4. The summed E-state index contributed by atoms with van der Waals surface area (Å²) in [5.41, 5.74) is 5.56. The van der Waals surface area contributed by atoms with Crippen molar-refractivity contribution in [1.29, 1.82) is 0 Å². The van der Waals surface area contributed by atoms with Crippen LogP contribution >= 0.6 is 0 Å². The fourth-order valence-electron chi connectivity index (χ4n) is 4.44. The summed E-state index contributed by atoms with van der Waals surface area (Å²) in [5.74, 6) is 0. The van der Waals surface area contributed by atoms with Crippen molar-refractivity contribution in [3.63, 3.8) is 0 Å². The summed E-state index contributed by atoms with van der Waals surface area (Å²) < 4.78 is 12.9. The van der Waals surface area contributed by atoms with Crippen LogP contribution in [0.2, 0.25) is 0 Å². The topological polar surface area (TPSA) is 64.8 Å². The Morgan fingerprint density at radius 2 is 1.32 bits per heavy atom. The quantitative estimate of drug-likeness (QED) is 0.422. The number of fused-ring (bicyclic) bond motifs is 1. The van der Waals surface area contributed by atoms with Crippen molar-refractivity contribution in [2.75, 3.05) is 6.61 Å². The number of hydrogen-bond acceptors (Lipinski definition) is 5. The molecule has 6 heteroatoms. The van der Waals surface area contributed by atoms with E-state index in [2.05, 4.69) is 67.3 Å². The zero-order chi connectivity index (χ0) is 21.5. The van der Waals surface area contributed by atoms with E-state index in [0.29, 0.717) is 6.61 Å². The van der Waals surface area contributed by atoms with Gasteiger partial charge in [-0.25, -0.2) is 4.90 Å². The number of benzene rings is 3. The highest BCUT2D eigenvalue weighted by Crippen LogP contribution is 2.51. The van der Waals surface area contributed by atoms with E-state index in [-0.39, 0.29) is 35.2 Å². The molecule has 158 valence electrons. The molecule has 0 saturated carbocycles. The zero-order valence-electron chi connectivity index (χ0n) is 17.5. The van der Waals surface area contributed by atoms with Gasteiger partial charge in [0.05, 0.1) is 17.6 Å². The van der Waals surface area contributed by atoms with E-state index in [9.17, 15) is 10.1 Å². The van der Waals surface area contributed by atoms with Crippen LogP contribution in [0.15, 0.2) is 72.8 Å². The van der Waals surface area contributed by atoms with Crippen LogP contribution in [-0.2, 0) is 9.47 Å². The van der Waals surface area contributed by atoms with Crippen molar-refractivity contribution in [2.24, 2.45) is 0 Å². The number of nitro groups is 1. The fourth-order valence-corrected chi connectivity index (χ4v) is 4.44. The van der Waals surface area contributed by atoms with Gasteiger partial charge >= 0.3 is 0 Å². The lowest BCUT2D eigenvalue weighted by atomic mass is 10.0. The Morgan fingerprint density at radius 3 is 1.87 bits per heavy atom. The molecule has 4 unspecified atom stereocenters. The van der Waals surface area contributed by atoms with Crippen molar-refractivity contribution in [1.82, 2.24) is 4.90 Å². The van der Waals surface area contributed by atoms with Crippen LogP contribution in [0.25, 0.3) is 0 Å². The van der Waals surface area contributed by atoms with Gasteiger partial charge in [0.1, 0.15) is 18.6 Å². The minimum absolute atomic E-state index is 0.0130.